The van der Waals surface area contributed by atoms with E-state index in [0.29, 0.717) is 11.7 Å². The van der Waals surface area contributed by atoms with Crippen LogP contribution in [0.15, 0.2) is 52.0 Å². The minimum Gasteiger partial charge on any atom is -0.246 e. The minimum atomic E-state index is -3.57. The summed E-state index contributed by atoms with van der Waals surface area (Å²) in [7, 11) is -3.57. The van der Waals surface area contributed by atoms with Gasteiger partial charge in [-0.05, 0) is 52.0 Å². The first-order valence-corrected chi connectivity index (χ1v) is 8.93. The van der Waals surface area contributed by atoms with Crippen LogP contribution in [0, 0.1) is 5.92 Å². The molecule has 0 bridgehead atoms. The van der Waals surface area contributed by atoms with Crippen molar-refractivity contribution in [1.82, 2.24) is 0 Å². The molecule has 0 radical (unpaired) electrons. The van der Waals surface area contributed by atoms with E-state index in [-0.39, 0.29) is 4.90 Å². The van der Waals surface area contributed by atoms with Crippen molar-refractivity contribution in [3.63, 3.8) is 0 Å². The molecule has 0 saturated carbocycles. The highest BCUT2D eigenvalue weighted by Crippen LogP contribution is 2.16. The Morgan fingerprint density at radius 2 is 1.81 bits per heavy atom. The van der Waals surface area contributed by atoms with Gasteiger partial charge in [0.2, 0.25) is 0 Å². The van der Waals surface area contributed by atoms with Crippen LogP contribution in [0.25, 0.3) is 0 Å². The zero-order valence-corrected chi connectivity index (χ0v) is 14.3. The molecular weight excluding hydrogens is 352 g/mol. The van der Waals surface area contributed by atoms with Crippen LogP contribution in [0.1, 0.15) is 19.4 Å². The lowest BCUT2D eigenvalue weighted by Gasteiger charge is -2.06. The highest BCUT2D eigenvalue weighted by Gasteiger charge is 2.20. The van der Waals surface area contributed by atoms with Crippen molar-refractivity contribution in [2.24, 2.45) is 5.92 Å². The van der Waals surface area contributed by atoms with Gasteiger partial charge in [-0.15, -0.1) is 0 Å². The number of nitrogens with one attached hydrogen (secondary N) is 2. The Kier molecular flexibility index (Phi) is 5.00. The number of anilines is 1. The lowest BCUT2D eigenvalue weighted by Crippen LogP contribution is -2.19. The van der Waals surface area contributed by atoms with Gasteiger partial charge < -0.3 is 0 Å². The summed E-state index contributed by atoms with van der Waals surface area (Å²) < 4.78 is 27.9. The number of sulfonamides is 1. The SMILES string of the molecule is CC(C)Cc1ccc(S(=O)(=O)Nc2ccc(Br)c[nH+]2)cc1. The van der Waals surface area contributed by atoms with Gasteiger partial charge in [0.15, 0.2) is 0 Å². The number of halogens is 1. The van der Waals surface area contributed by atoms with Crippen molar-refractivity contribution in [2.45, 2.75) is 25.2 Å². The van der Waals surface area contributed by atoms with Gasteiger partial charge in [0.25, 0.3) is 5.82 Å². The topological polar surface area (TPSA) is 60.3 Å². The second kappa shape index (κ2) is 6.58. The quantitative estimate of drug-likeness (QED) is 0.878. The predicted octanol–water partition coefficient (Wildman–Crippen LogP) is 3.26. The van der Waals surface area contributed by atoms with Crippen LogP contribution >= 0.6 is 15.9 Å². The molecule has 0 atom stereocenters. The third-order valence-electron chi connectivity index (χ3n) is 2.90. The molecule has 21 heavy (non-hydrogen) atoms. The molecule has 0 saturated heterocycles. The van der Waals surface area contributed by atoms with Crippen molar-refractivity contribution in [2.75, 3.05) is 4.72 Å². The van der Waals surface area contributed by atoms with Crippen molar-refractivity contribution in [1.29, 1.82) is 0 Å². The number of aromatic amines is 1. The average Bonchev–Trinajstić information content (AvgIpc) is 2.41. The van der Waals surface area contributed by atoms with Crippen LogP contribution < -0.4 is 9.71 Å². The van der Waals surface area contributed by atoms with Gasteiger partial charge in [-0.1, -0.05) is 26.0 Å². The number of H-pyrrole nitrogens is 1. The summed E-state index contributed by atoms with van der Waals surface area (Å²) in [6.07, 6.45) is 2.61. The summed E-state index contributed by atoms with van der Waals surface area (Å²) in [6, 6.07) is 10.4. The van der Waals surface area contributed by atoms with Crippen LogP contribution in [0.3, 0.4) is 0 Å². The highest BCUT2D eigenvalue weighted by molar-refractivity contribution is 9.10. The largest absolute Gasteiger partial charge is 0.328 e. The van der Waals surface area contributed by atoms with Gasteiger partial charge in [-0.3, -0.25) is 0 Å². The van der Waals surface area contributed by atoms with E-state index >= 15 is 0 Å². The van der Waals surface area contributed by atoms with Gasteiger partial charge in [0, 0.05) is 6.07 Å². The van der Waals surface area contributed by atoms with E-state index in [1.807, 2.05) is 12.1 Å². The van der Waals surface area contributed by atoms with Gasteiger partial charge in [-0.2, -0.15) is 13.1 Å². The fourth-order valence-electron chi connectivity index (χ4n) is 1.95. The maximum absolute atomic E-state index is 12.3. The normalized spacial score (nSPS) is 11.6. The molecule has 6 heteroatoms. The van der Waals surface area contributed by atoms with Gasteiger partial charge in [0.1, 0.15) is 11.1 Å². The summed E-state index contributed by atoms with van der Waals surface area (Å²) in [5.74, 6) is 0.965. The molecule has 0 unspecified atom stereocenters. The molecule has 2 aromatic rings. The molecule has 4 nitrogen and oxygen atoms in total. The first kappa shape index (κ1) is 16.0. The van der Waals surface area contributed by atoms with Crippen LogP contribution in [0.2, 0.25) is 0 Å². The van der Waals surface area contributed by atoms with Crippen molar-refractivity contribution >= 4 is 31.8 Å². The molecule has 1 aromatic heterocycles. The third-order valence-corrected chi connectivity index (χ3v) is 4.77. The molecule has 0 aliphatic carbocycles. The van der Waals surface area contributed by atoms with Crippen LogP contribution in [0.5, 0.6) is 0 Å². The first-order chi connectivity index (χ1) is 9.87. The third kappa shape index (κ3) is 4.54. The van der Waals surface area contributed by atoms with Gasteiger partial charge in [-0.25, -0.2) is 4.98 Å². The lowest BCUT2D eigenvalue weighted by molar-refractivity contribution is -0.361. The second-order valence-corrected chi connectivity index (χ2v) is 7.87. The minimum absolute atomic E-state index is 0.256. The number of pyridine rings is 1. The Morgan fingerprint density at radius 1 is 1.14 bits per heavy atom. The van der Waals surface area contributed by atoms with E-state index in [1.165, 1.54) is 0 Å². The molecule has 0 aliphatic rings. The average molecular weight is 370 g/mol. The van der Waals surface area contributed by atoms with Crippen molar-refractivity contribution in [3.05, 3.63) is 52.6 Å². The Balaban J connectivity index is 2.17. The van der Waals surface area contributed by atoms with E-state index in [9.17, 15) is 8.42 Å². The molecule has 0 spiro atoms. The molecule has 1 heterocycles. The number of benzene rings is 1. The summed E-state index contributed by atoms with van der Waals surface area (Å²) in [4.78, 5) is 3.12. The Bertz CT molecular complexity index is 695. The van der Waals surface area contributed by atoms with Crippen LogP contribution in [0.4, 0.5) is 5.82 Å². The van der Waals surface area contributed by atoms with Crippen LogP contribution in [-0.2, 0) is 16.4 Å². The summed E-state index contributed by atoms with van der Waals surface area (Å²) in [5, 5.41) is 0. The fraction of sp³-hybridized carbons (Fsp3) is 0.267. The number of hydrogen-bond acceptors (Lipinski definition) is 2. The smallest absolute Gasteiger partial charge is 0.246 e. The fourth-order valence-corrected chi connectivity index (χ4v) is 3.22. The zero-order valence-electron chi connectivity index (χ0n) is 11.9. The number of hydrogen-bond donors (Lipinski definition) is 1. The molecule has 0 aliphatic heterocycles. The van der Waals surface area contributed by atoms with Gasteiger partial charge in [0.05, 0.1) is 4.47 Å². The Labute approximate surface area is 133 Å². The summed E-state index contributed by atoms with van der Waals surface area (Å²) in [5.41, 5.74) is 1.14. The maximum atomic E-state index is 12.3. The first-order valence-electron chi connectivity index (χ1n) is 6.66. The highest BCUT2D eigenvalue weighted by atomic mass is 79.9. The number of rotatable bonds is 5. The monoisotopic (exact) mass is 369 g/mol. The van der Waals surface area contributed by atoms with Crippen molar-refractivity contribution < 1.29 is 13.4 Å². The van der Waals surface area contributed by atoms with E-state index in [1.54, 1.807) is 30.5 Å². The second-order valence-electron chi connectivity index (χ2n) is 5.27. The van der Waals surface area contributed by atoms with Crippen LogP contribution in [-0.4, -0.2) is 8.42 Å². The predicted molar refractivity (Wildman–Crippen MR) is 86.5 cm³/mol. The zero-order chi connectivity index (χ0) is 15.5. The maximum Gasteiger partial charge on any atom is 0.328 e. The molecular formula is C15H18BrN2O2S+. The molecule has 2 rings (SSSR count). The number of aromatic nitrogens is 1. The molecule has 0 amide bonds. The van der Waals surface area contributed by atoms with E-state index in [4.69, 9.17) is 0 Å². The molecule has 112 valence electrons. The molecule has 0 fully saturated rings. The summed E-state index contributed by atoms with van der Waals surface area (Å²) in [6.45, 7) is 4.27. The van der Waals surface area contributed by atoms with E-state index in [0.717, 1.165) is 16.5 Å². The lowest BCUT2D eigenvalue weighted by atomic mass is 10.0. The van der Waals surface area contributed by atoms with Gasteiger partial charge >= 0.3 is 10.0 Å². The molecule has 1 aromatic carbocycles. The Morgan fingerprint density at radius 3 is 2.33 bits per heavy atom. The van der Waals surface area contributed by atoms with Crippen molar-refractivity contribution in [3.8, 4) is 0 Å². The summed E-state index contributed by atoms with van der Waals surface area (Å²) >= 11 is 3.29. The Hall–Kier alpha value is -1.40. The van der Waals surface area contributed by atoms with E-state index < -0.39 is 10.0 Å². The van der Waals surface area contributed by atoms with E-state index in [2.05, 4.69) is 39.5 Å². The standard InChI is InChI=1S/C15H17BrN2O2S/c1-11(2)9-12-3-6-14(7-4-12)21(19,20)18-15-8-5-13(16)10-17-15/h3-8,10-11H,9H2,1-2H3,(H,17,18)/p+1. The molecule has 2 N–H and O–H groups in total.